The van der Waals surface area contributed by atoms with Gasteiger partial charge in [-0.2, -0.15) is 0 Å². The highest BCUT2D eigenvalue weighted by molar-refractivity contribution is 6.32. The minimum absolute atomic E-state index is 0.0137. The van der Waals surface area contributed by atoms with E-state index in [-0.39, 0.29) is 50.7 Å². The minimum atomic E-state index is -1.03. The second-order valence-corrected chi connectivity index (χ2v) is 15.3. The number of aromatic nitrogens is 1. The fraction of sp³-hybridized carbons (Fsp3) is 0.200. The van der Waals surface area contributed by atoms with E-state index in [4.69, 9.17) is 27.9 Å². The first-order valence-electron chi connectivity index (χ1n) is 18.7. The number of carbonyl (C=O) groups is 4. The molecule has 10 nitrogen and oxygen atoms in total. The molecule has 5 aromatic carbocycles. The van der Waals surface area contributed by atoms with Gasteiger partial charge in [0, 0.05) is 53.7 Å². The highest BCUT2D eigenvalue weighted by atomic mass is 35.5. The number of amides is 4. The van der Waals surface area contributed by atoms with Crippen LogP contribution in [0, 0.1) is 6.92 Å². The van der Waals surface area contributed by atoms with Crippen molar-refractivity contribution in [1.29, 1.82) is 0 Å². The number of nitrogens with one attached hydrogen (secondary N) is 3. The molecule has 1 aromatic heterocycles. The zero-order valence-electron chi connectivity index (χ0n) is 31.1. The number of hydrogen-bond donors (Lipinski definition) is 3. The zero-order valence-corrected chi connectivity index (χ0v) is 32.6. The Morgan fingerprint density at radius 2 is 1.54 bits per heavy atom. The van der Waals surface area contributed by atoms with Gasteiger partial charge in [0.05, 0.1) is 18.0 Å². The average Bonchev–Trinajstić information content (AvgIpc) is 3.79. The Morgan fingerprint density at radius 3 is 2.33 bits per heavy atom. The van der Waals surface area contributed by atoms with Gasteiger partial charge >= 0.3 is 0 Å². The highest BCUT2D eigenvalue weighted by Crippen LogP contribution is 2.35. The number of H-pyrrole nitrogens is 1. The molecule has 2 aliphatic rings. The summed E-state index contributed by atoms with van der Waals surface area (Å²) >= 11 is 12.7. The van der Waals surface area contributed by atoms with E-state index in [1.54, 1.807) is 18.2 Å². The fourth-order valence-corrected chi connectivity index (χ4v) is 8.08. The Balaban J connectivity index is 1.15. The van der Waals surface area contributed by atoms with Crippen LogP contribution in [0.15, 0.2) is 115 Å². The van der Waals surface area contributed by atoms with Crippen LogP contribution in [0.1, 0.15) is 33.4 Å². The molecule has 0 radical (unpaired) electrons. The molecule has 12 heteroatoms. The van der Waals surface area contributed by atoms with E-state index >= 15 is 4.79 Å². The average molecular weight is 801 g/mol. The Bertz CT molecular complexity index is 2520. The maximum Gasteiger partial charge on any atom is 0.250 e. The van der Waals surface area contributed by atoms with Crippen LogP contribution in [-0.4, -0.2) is 52.1 Å². The van der Waals surface area contributed by atoms with Crippen molar-refractivity contribution >= 4 is 63.4 Å². The second kappa shape index (κ2) is 16.2. The normalized spacial score (nSPS) is 17.6. The molecule has 0 aliphatic carbocycles. The summed E-state index contributed by atoms with van der Waals surface area (Å²) in [6.07, 6.45) is 2.19. The molecule has 288 valence electrons. The van der Waals surface area contributed by atoms with Crippen LogP contribution in [0.3, 0.4) is 0 Å². The van der Waals surface area contributed by atoms with Gasteiger partial charge in [0.2, 0.25) is 17.7 Å². The summed E-state index contributed by atoms with van der Waals surface area (Å²) in [4.78, 5) is 63.7. The van der Waals surface area contributed by atoms with Gasteiger partial charge in [-0.3, -0.25) is 24.1 Å². The van der Waals surface area contributed by atoms with Crippen molar-refractivity contribution in [1.82, 2.24) is 20.5 Å². The smallest absolute Gasteiger partial charge is 0.250 e. The molecule has 6 aromatic rings. The molecule has 0 unspecified atom stereocenters. The predicted octanol–water partition coefficient (Wildman–Crippen LogP) is 7.46. The maximum absolute atomic E-state index is 15.0. The summed E-state index contributed by atoms with van der Waals surface area (Å²) in [5, 5.41) is 7.92. The zero-order chi connectivity index (χ0) is 39.6. The van der Waals surface area contributed by atoms with Crippen molar-refractivity contribution in [2.75, 3.05) is 11.4 Å². The largest absolute Gasteiger partial charge is 0.456 e. The number of para-hydroxylation sites is 1. The highest BCUT2D eigenvalue weighted by Gasteiger charge is 2.43. The lowest BCUT2D eigenvalue weighted by Crippen LogP contribution is -2.56. The van der Waals surface area contributed by atoms with Gasteiger partial charge in [-0.25, -0.2) is 0 Å². The molecule has 0 spiro atoms. The minimum Gasteiger partial charge on any atom is -0.456 e. The summed E-state index contributed by atoms with van der Waals surface area (Å²) in [5.41, 5.74) is 6.23. The summed E-state index contributed by atoms with van der Waals surface area (Å²) in [7, 11) is 0. The molecule has 8 rings (SSSR count). The van der Waals surface area contributed by atoms with Gasteiger partial charge < -0.3 is 25.3 Å². The topological polar surface area (TPSA) is 124 Å². The molecular formula is C45H39Cl2N5O5. The molecule has 0 saturated carbocycles. The molecule has 0 bridgehead atoms. The summed E-state index contributed by atoms with van der Waals surface area (Å²) < 4.78 is 6.03. The number of aromatic amines is 1. The molecular weight excluding hydrogens is 761 g/mol. The number of nitrogens with zero attached hydrogens (tertiary/aromatic N) is 2. The third kappa shape index (κ3) is 8.24. The van der Waals surface area contributed by atoms with Gasteiger partial charge in [-0.1, -0.05) is 89.9 Å². The molecule has 0 fully saturated rings. The first kappa shape index (κ1) is 37.8. The predicted molar refractivity (Wildman–Crippen MR) is 220 cm³/mol. The van der Waals surface area contributed by atoms with Crippen LogP contribution in [0.4, 0.5) is 5.69 Å². The van der Waals surface area contributed by atoms with Gasteiger partial charge in [0.25, 0.3) is 5.91 Å². The number of carbonyl (C=O) groups excluding carboxylic acids is 4. The van der Waals surface area contributed by atoms with Gasteiger partial charge in [0.1, 0.15) is 23.6 Å². The molecule has 3 N–H and O–H groups in total. The van der Waals surface area contributed by atoms with Crippen molar-refractivity contribution < 1.29 is 23.9 Å². The number of halogens is 2. The standard InChI is InChI=1S/C45H39Cl2N5O5/c1-27-10-17-41(36(47)18-27)57-34-14-11-28(12-15-34)25-51-26-43(54)49-23-31-8-3-2-6-29(31)21-42(53)50-38(19-32-24-48-37-22-33(46)13-16-35(32)37)44(55)52-39-9-5-4-7-30(39)20-40(52)45(51)56/h2-18,22,24,38,40,48H,19-21,23,25-26H2,1H3,(H,49,54)(H,50,53)/t38-,40-/m0/s1. The Morgan fingerprint density at radius 1 is 0.789 bits per heavy atom. The van der Waals surface area contributed by atoms with Crippen molar-refractivity contribution in [3.05, 3.63) is 159 Å². The van der Waals surface area contributed by atoms with Crippen molar-refractivity contribution in [3.63, 3.8) is 0 Å². The van der Waals surface area contributed by atoms with Crippen LogP contribution < -0.4 is 20.3 Å². The Hall–Kier alpha value is -6.10. The van der Waals surface area contributed by atoms with Crippen LogP contribution >= 0.6 is 23.2 Å². The number of rotatable bonds is 6. The number of anilines is 1. The summed E-state index contributed by atoms with van der Waals surface area (Å²) in [6.45, 7) is 1.93. The lowest BCUT2D eigenvalue weighted by molar-refractivity contribution is -0.138. The number of benzene rings is 5. The molecule has 0 saturated heterocycles. The first-order valence-corrected chi connectivity index (χ1v) is 19.5. The summed E-state index contributed by atoms with van der Waals surface area (Å²) in [5.74, 6) is -0.500. The van der Waals surface area contributed by atoms with E-state index in [0.29, 0.717) is 32.8 Å². The third-order valence-electron chi connectivity index (χ3n) is 10.5. The third-order valence-corrected chi connectivity index (χ3v) is 11.0. The van der Waals surface area contributed by atoms with Crippen molar-refractivity contribution in [2.45, 2.75) is 51.4 Å². The summed E-state index contributed by atoms with van der Waals surface area (Å²) in [6, 6.07) is 31.0. The van der Waals surface area contributed by atoms with Crippen LogP contribution in [-0.2, 0) is 51.5 Å². The Labute approximate surface area is 339 Å². The van der Waals surface area contributed by atoms with Crippen molar-refractivity contribution in [2.24, 2.45) is 0 Å². The van der Waals surface area contributed by atoms with E-state index in [1.807, 2.05) is 104 Å². The van der Waals surface area contributed by atoms with Crippen LogP contribution in [0.5, 0.6) is 11.5 Å². The molecule has 57 heavy (non-hydrogen) atoms. The molecule has 4 amide bonds. The maximum atomic E-state index is 15.0. The monoisotopic (exact) mass is 799 g/mol. The lowest BCUT2D eigenvalue weighted by Gasteiger charge is -2.33. The quantitative estimate of drug-likeness (QED) is 0.162. The SMILES string of the molecule is Cc1ccc(Oc2ccc(CN3CC(=O)NCc4ccccc4CC(=O)N[C@@H](Cc4c[nH]c5cc(Cl)ccc45)C(=O)N4c5ccccc5C[C@H]4C3=O)cc2)c(Cl)c1. The van der Waals surface area contributed by atoms with Crippen LogP contribution in [0.2, 0.25) is 10.0 Å². The number of hydrogen-bond acceptors (Lipinski definition) is 5. The molecule has 3 heterocycles. The van der Waals surface area contributed by atoms with E-state index in [2.05, 4.69) is 15.6 Å². The number of aryl methyl sites for hydroxylation is 1. The Kier molecular flexibility index (Phi) is 10.7. The second-order valence-electron chi connectivity index (χ2n) is 14.5. The molecule has 2 aliphatic heterocycles. The van der Waals surface area contributed by atoms with Crippen molar-refractivity contribution in [3.8, 4) is 11.5 Å². The molecule has 2 atom stereocenters. The van der Waals surface area contributed by atoms with Crippen LogP contribution in [0.25, 0.3) is 10.9 Å². The number of fused-ring (bicyclic) bond motifs is 5. The van der Waals surface area contributed by atoms with E-state index in [1.165, 1.54) is 9.80 Å². The van der Waals surface area contributed by atoms with Gasteiger partial charge in [0.15, 0.2) is 0 Å². The fourth-order valence-electron chi connectivity index (χ4n) is 7.64. The van der Waals surface area contributed by atoms with E-state index < -0.39 is 23.9 Å². The van der Waals surface area contributed by atoms with Gasteiger partial charge in [-0.05, 0) is 82.8 Å². The van der Waals surface area contributed by atoms with E-state index in [9.17, 15) is 14.4 Å². The van der Waals surface area contributed by atoms with E-state index in [0.717, 1.165) is 38.7 Å². The number of ether oxygens (including phenoxy) is 1. The first-order chi connectivity index (χ1) is 27.6. The van der Waals surface area contributed by atoms with Gasteiger partial charge in [-0.15, -0.1) is 0 Å². The lowest BCUT2D eigenvalue weighted by atomic mass is 10.0.